The highest BCUT2D eigenvalue weighted by molar-refractivity contribution is 6.02. The number of amides is 2. The van der Waals surface area contributed by atoms with Gasteiger partial charge in [0.15, 0.2) is 0 Å². The summed E-state index contributed by atoms with van der Waals surface area (Å²) in [6.45, 7) is 8.78. The number of nitrogens with one attached hydrogen (secondary N) is 1. The number of aryl methyl sites for hydroxylation is 1. The predicted octanol–water partition coefficient (Wildman–Crippen LogP) is 2.94. The Morgan fingerprint density at radius 1 is 1.02 bits per heavy atom. The number of pyridine rings is 1. The topological polar surface area (TPSA) is 144 Å². The van der Waals surface area contributed by atoms with Gasteiger partial charge in [-0.05, 0) is 68.3 Å². The van der Waals surface area contributed by atoms with E-state index in [0.717, 1.165) is 81.6 Å². The summed E-state index contributed by atoms with van der Waals surface area (Å²) in [5.41, 5.74) is 10.6. The third-order valence-corrected chi connectivity index (χ3v) is 11.3. The molecule has 1 aromatic heterocycles. The molecule has 49 heavy (non-hydrogen) atoms. The van der Waals surface area contributed by atoms with Crippen LogP contribution in [0.25, 0.3) is 5.57 Å². The van der Waals surface area contributed by atoms with Gasteiger partial charge in [0.2, 0.25) is 11.8 Å². The van der Waals surface area contributed by atoms with Gasteiger partial charge in [-0.3, -0.25) is 29.8 Å². The molecule has 5 aliphatic heterocycles. The first-order chi connectivity index (χ1) is 23.7. The number of likely N-dealkylation sites (tertiary alicyclic amines) is 2. The minimum Gasteiger partial charge on any atom is -0.383 e. The molecule has 1 aromatic carbocycles. The molecule has 0 unspecified atom stereocenters. The average molecular weight is 666 g/mol. The fraction of sp³-hybridized carbons (Fsp3) is 0.514. The molecule has 1 atom stereocenters. The van der Waals surface area contributed by atoms with Crippen LogP contribution in [-0.2, 0) is 14.3 Å². The lowest BCUT2D eigenvalue weighted by Gasteiger charge is -2.47. The van der Waals surface area contributed by atoms with Crippen molar-refractivity contribution >= 4 is 41.2 Å². The molecule has 3 N–H and O–H groups in total. The molecule has 6 heterocycles. The third kappa shape index (κ3) is 6.51. The van der Waals surface area contributed by atoms with Crippen molar-refractivity contribution in [2.45, 2.75) is 39.0 Å². The molecule has 12 heteroatoms. The number of benzene rings is 1. The predicted molar refractivity (Wildman–Crippen MR) is 191 cm³/mol. The standard InChI is InChI=1S/C37H47N9O3/c1-26-3-8-30(42-32(26)34(39)45-18-11-36(12-19-45)23-49-24-36)46-20-14-37(35(46)48)13-17-43(22-37)21-31(47)44-15-9-28(10-16-44)27-4-6-29(7-5-27)33(38)41-25-40-2/h3-9,25,39H,10-24H2,1-2H3,(H2,38,40,41)/t37-/m0/s1. The molecular weight excluding hydrogens is 618 g/mol. The monoisotopic (exact) mass is 665 g/mol. The highest BCUT2D eigenvalue weighted by atomic mass is 16.5. The quantitative estimate of drug-likeness (QED) is 0.342. The Hall–Kier alpha value is -4.42. The van der Waals surface area contributed by atoms with Crippen molar-refractivity contribution < 1.29 is 14.3 Å². The van der Waals surface area contributed by atoms with Crippen LogP contribution in [0.4, 0.5) is 5.82 Å². The minimum atomic E-state index is -0.495. The SMILES string of the molecule is CN=CN=C(N)c1ccc(C2=CCN(C(=O)CN3CC[C@]4(CCN(c5ccc(C)c(C(=N)N6CCC7(CC6)COC7)n5)C4=O)C3)CC2)cc1. The molecule has 258 valence electrons. The molecule has 12 nitrogen and oxygen atoms in total. The first-order valence-corrected chi connectivity index (χ1v) is 17.4. The van der Waals surface area contributed by atoms with E-state index < -0.39 is 5.41 Å². The Balaban J connectivity index is 0.933. The van der Waals surface area contributed by atoms with Crippen LogP contribution in [0.2, 0.25) is 0 Å². The summed E-state index contributed by atoms with van der Waals surface area (Å²) in [5.74, 6) is 1.67. The van der Waals surface area contributed by atoms with Crippen molar-refractivity contribution in [3.63, 3.8) is 0 Å². The first kappa shape index (κ1) is 33.1. The van der Waals surface area contributed by atoms with Gasteiger partial charge in [0, 0.05) is 57.3 Å². The van der Waals surface area contributed by atoms with E-state index in [1.807, 2.05) is 53.1 Å². The number of aromatic nitrogens is 1. The number of piperidine rings is 1. The number of amidine groups is 2. The second-order valence-electron chi connectivity index (χ2n) is 14.4. The highest BCUT2D eigenvalue weighted by Crippen LogP contribution is 2.42. The summed E-state index contributed by atoms with van der Waals surface area (Å²) in [6.07, 6.45) is 7.90. The van der Waals surface area contributed by atoms with Crippen molar-refractivity contribution in [2.24, 2.45) is 26.5 Å². The number of hydrogen-bond donors (Lipinski definition) is 2. The van der Waals surface area contributed by atoms with Gasteiger partial charge in [-0.1, -0.05) is 36.4 Å². The molecule has 4 fully saturated rings. The van der Waals surface area contributed by atoms with E-state index in [-0.39, 0.29) is 11.8 Å². The highest BCUT2D eigenvalue weighted by Gasteiger charge is 2.51. The number of aliphatic imine (C=N–C) groups is 2. The van der Waals surface area contributed by atoms with Crippen LogP contribution in [0.3, 0.4) is 0 Å². The van der Waals surface area contributed by atoms with Gasteiger partial charge in [0.1, 0.15) is 29.5 Å². The zero-order valence-electron chi connectivity index (χ0n) is 28.7. The first-order valence-electron chi connectivity index (χ1n) is 17.4. The molecule has 7 rings (SSSR count). The fourth-order valence-electron chi connectivity index (χ4n) is 7.95. The van der Waals surface area contributed by atoms with Crippen molar-refractivity contribution in [1.82, 2.24) is 19.7 Å². The molecule has 4 saturated heterocycles. The zero-order chi connectivity index (χ0) is 34.2. The van der Waals surface area contributed by atoms with E-state index in [9.17, 15) is 9.59 Å². The van der Waals surface area contributed by atoms with Crippen molar-refractivity contribution in [2.75, 3.05) is 77.5 Å². The Kier molecular flexibility index (Phi) is 9.10. The third-order valence-electron chi connectivity index (χ3n) is 11.3. The molecule has 5 aliphatic rings. The van der Waals surface area contributed by atoms with Gasteiger partial charge in [-0.15, -0.1) is 0 Å². The van der Waals surface area contributed by atoms with E-state index in [2.05, 4.69) is 25.9 Å². The number of anilines is 1. The molecule has 0 saturated carbocycles. The molecular formula is C37H47N9O3. The summed E-state index contributed by atoms with van der Waals surface area (Å²) in [6, 6.07) is 11.9. The lowest BCUT2D eigenvalue weighted by molar-refractivity contribution is -0.134. The van der Waals surface area contributed by atoms with Gasteiger partial charge in [-0.25, -0.2) is 9.98 Å². The smallest absolute Gasteiger partial charge is 0.237 e. The summed E-state index contributed by atoms with van der Waals surface area (Å²) >= 11 is 0. The van der Waals surface area contributed by atoms with Gasteiger partial charge >= 0.3 is 0 Å². The van der Waals surface area contributed by atoms with Crippen molar-refractivity contribution in [3.05, 3.63) is 64.9 Å². The maximum absolute atomic E-state index is 14.0. The van der Waals surface area contributed by atoms with E-state index >= 15 is 0 Å². The van der Waals surface area contributed by atoms with Crippen LogP contribution < -0.4 is 10.6 Å². The maximum Gasteiger partial charge on any atom is 0.237 e. The summed E-state index contributed by atoms with van der Waals surface area (Å²) < 4.78 is 5.47. The number of nitrogens with zero attached hydrogens (tertiary/aromatic N) is 7. The number of rotatable bonds is 7. The minimum absolute atomic E-state index is 0.0873. The van der Waals surface area contributed by atoms with Gasteiger partial charge in [-0.2, -0.15) is 0 Å². The molecule has 0 aliphatic carbocycles. The number of nitrogens with two attached hydrogens (primary N) is 1. The summed E-state index contributed by atoms with van der Waals surface area (Å²) in [7, 11) is 1.65. The van der Waals surface area contributed by atoms with Crippen LogP contribution in [0.1, 0.15) is 54.5 Å². The van der Waals surface area contributed by atoms with Crippen LogP contribution in [0.15, 0.2) is 52.5 Å². The molecule has 2 spiro atoms. The van der Waals surface area contributed by atoms with Crippen LogP contribution in [0, 0.1) is 23.2 Å². The molecule has 0 bridgehead atoms. The van der Waals surface area contributed by atoms with E-state index in [0.29, 0.717) is 61.3 Å². The lowest BCUT2D eigenvalue weighted by Crippen LogP contribution is -2.52. The second kappa shape index (κ2) is 13.5. The number of hydrogen-bond acceptors (Lipinski definition) is 7. The maximum atomic E-state index is 14.0. The van der Waals surface area contributed by atoms with Gasteiger partial charge in [0.05, 0.1) is 25.2 Å². The van der Waals surface area contributed by atoms with E-state index in [1.165, 1.54) is 11.9 Å². The number of carbonyl (C=O) groups excluding carboxylic acids is 2. The summed E-state index contributed by atoms with van der Waals surface area (Å²) in [5, 5.41) is 8.99. The largest absolute Gasteiger partial charge is 0.383 e. The lowest BCUT2D eigenvalue weighted by atomic mass is 9.77. The van der Waals surface area contributed by atoms with Crippen molar-refractivity contribution in [3.8, 4) is 0 Å². The Morgan fingerprint density at radius 2 is 1.78 bits per heavy atom. The second-order valence-corrected chi connectivity index (χ2v) is 14.4. The molecule has 2 aromatic rings. The van der Waals surface area contributed by atoms with E-state index in [1.54, 1.807) is 7.05 Å². The number of ether oxygens (including phenoxy) is 1. The average Bonchev–Trinajstić information content (AvgIpc) is 3.68. The Morgan fingerprint density at radius 3 is 2.45 bits per heavy atom. The molecule has 0 radical (unpaired) electrons. The normalized spacial score (nSPS) is 24.3. The Labute approximate surface area is 288 Å². The Bertz CT molecular complexity index is 1700. The van der Waals surface area contributed by atoms with E-state index in [4.69, 9.17) is 20.9 Å². The molecule has 2 amide bonds. The van der Waals surface area contributed by atoms with Gasteiger partial charge in [0.25, 0.3) is 0 Å². The van der Waals surface area contributed by atoms with Crippen molar-refractivity contribution in [1.29, 1.82) is 5.41 Å². The van der Waals surface area contributed by atoms with Crippen LogP contribution in [0.5, 0.6) is 0 Å². The van der Waals surface area contributed by atoms with Crippen LogP contribution in [-0.4, -0.2) is 122 Å². The zero-order valence-corrected chi connectivity index (χ0v) is 28.7. The number of carbonyl (C=O) groups is 2. The van der Waals surface area contributed by atoms with Crippen LogP contribution >= 0.6 is 0 Å². The summed E-state index contributed by atoms with van der Waals surface area (Å²) in [4.78, 5) is 48.2. The fourth-order valence-corrected chi connectivity index (χ4v) is 7.95. The van der Waals surface area contributed by atoms with Gasteiger partial charge < -0.3 is 20.3 Å².